The molecule has 25 heavy (non-hydrogen) atoms. The third-order valence-electron chi connectivity index (χ3n) is 5.13. The molecule has 1 aromatic heterocycles. The Bertz CT molecular complexity index is 814. The Kier molecular flexibility index (Phi) is 4.27. The second kappa shape index (κ2) is 6.58. The summed E-state index contributed by atoms with van der Waals surface area (Å²) in [4.78, 5) is 21.4. The minimum absolute atomic E-state index is 0.0850. The topological polar surface area (TPSA) is 45.7 Å². The van der Waals surface area contributed by atoms with Crippen molar-refractivity contribution >= 4 is 16.8 Å². The number of aromatic nitrogens is 1. The van der Waals surface area contributed by atoms with Crippen molar-refractivity contribution in [3.05, 3.63) is 54.2 Å². The monoisotopic (exact) mass is 337 g/mol. The molecule has 3 heterocycles. The number of amides is 1. The van der Waals surface area contributed by atoms with Gasteiger partial charge in [-0.15, -0.1) is 0 Å². The van der Waals surface area contributed by atoms with E-state index >= 15 is 0 Å². The van der Waals surface area contributed by atoms with Crippen LogP contribution in [-0.2, 0) is 16.1 Å². The van der Waals surface area contributed by atoms with E-state index in [1.807, 2.05) is 37.5 Å². The van der Waals surface area contributed by atoms with Gasteiger partial charge in [0.05, 0.1) is 12.1 Å². The van der Waals surface area contributed by atoms with Crippen LogP contribution in [0.1, 0.15) is 12.0 Å². The highest BCUT2D eigenvalue weighted by atomic mass is 16.5. The van der Waals surface area contributed by atoms with Crippen molar-refractivity contribution in [1.29, 1.82) is 0 Å². The summed E-state index contributed by atoms with van der Waals surface area (Å²) >= 11 is 0. The number of carbonyl (C=O) groups excluding carboxylic acids is 1. The lowest BCUT2D eigenvalue weighted by Gasteiger charge is -2.42. The maximum Gasteiger partial charge on any atom is 0.256 e. The molecule has 0 N–H and O–H groups in total. The fraction of sp³-hybridized carbons (Fsp3) is 0.400. The number of benzene rings is 1. The molecule has 0 aliphatic carbocycles. The first-order chi connectivity index (χ1) is 12.2. The van der Waals surface area contributed by atoms with Crippen LogP contribution in [0, 0.1) is 0 Å². The number of fused-ring (bicyclic) bond motifs is 1. The van der Waals surface area contributed by atoms with Gasteiger partial charge < -0.3 is 9.64 Å². The number of morpholine rings is 1. The number of likely N-dealkylation sites (N-methyl/N-ethyl adjacent to an activating group) is 1. The van der Waals surface area contributed by atoms with E-state index in [1.54, 1.807) is 4.90 Å². The fourth-order valence-corrected chi connectivity index (χ4v) is 3.80. The molecule has 130 valence electrons. The molecular formula is C20H23N3O2. The second-order valence-corrected chi connectivity index (χ2v) is 6.90. The van der Waals surface area contributed by atoms with Gasteiger partial charge in [0.15, 0.2) is 5.60 Å². The summed E-state index contributed by atoms with van der Waals surface area (Å²) in [5, 5.41) is 1.18. The molecule has 0 unspecified atom stereocenters. The van der Waals surface area contributed by atoms with Crippen LogP contribution in [0.25, 0.3) is 10.9 Å². The SMILES string of the molecule is CN1CC=CC[C@@]2(CN(Cc3ccnc4ccccc34)CCO2)C1=O. The van der Waals surface area contributed by atoms with Gasteiger partial charge in [-0.25, -0.2) is 0 Å². The Balaban J connectivity index is 1.59. The Morgan fingerprint density at radius 2 is 2.12 bits per heavy atom. The van der Waals surface area contributed by atoms with Crippen LogP contribution in [0.2, 0.25) is 0 Å². The molecule has 1 aromatic carbocycles. The lowest BCUT2D eigenvalue weighted by Crippen LogP contribution is -2.59. The van der Waals surface area contributed by atoms with Gasteiger partial charge in [0.2, 0.25) is 0 Å². The van der Waals surface area contributed by atoms with Gasteiger partial charge in [0, 0.05) is 51.2 Å². The zero-order chi connectivity index (χ0) is 17.3. The molecule has 4 rings (SSSR count). The summed E-state index contributed by atoms with van der Waals surface area (Å²) in [7, 11) is 1.85. The number of pyridine rings is 1. The first-order valence-corrected chi connectivity index (χ1v) is 8.77. The van der Waals surface area contributed by atoms with Crippen molar-refractivity contribution in [2.24, 2.45) is 0 Å². The van der Waals surface area contributed by atoms with Crippen molar-refractivity contribution in [3.8, 4) is 0 Å². The predicted molar refractivity (Wildman–Crippen MR) is 97.1 cm³/mol. The van der Waals surface area contributed by atoms with Gasteiger partial charge in [0.1, 0.15) is 0 Å². The molecule has 5 nitrogen and oxygen atoms in total. The summed E-state index contributed by atoms with van der Waals surface area (Å²) in [6, 6.07) is 10.3. The molecule has 5 heteroatoms. The van der Waals surface area contributed by atoms with E-state index in [2.05, 4.69) is 28.1 Å². The summed E-state index contributed by atoms with van der Waals surface area (Å²) in [6.45, 7) is 3.49. The van der Waals surface area contributed by atoms with Crippen LogP contribution in [0.3, 0.4) is 0 Å². The number of para-hydroxylation sites is 1. The number of ether oxygens (including phenoxy) is 1. The average molecular weight is 337 g/mol. The maximum atomic E-state index is 12.9. The second-order valence-electron chi connectivity index (χ2n) is 6.90. The molecule has 2 aromatic rings. The molecule has 0 saturated carbocycles. The smallest absolute Gasteiger partial charge is 0.256 e. The van der Waals surface area contributed by atoms with Gasteiger partial charge in [-0.3, -0.25) is 14.7 Å². The minimum Gasteiger partial charge on any atom is -0.362 e. The zero-order valence-electron chi connectivity index (χ0n) is 14.5. The minimum atomic E-state index is -0.747. The normalized spacial score (nSPS) is 24.8. The fourth-order valence-electron chi connectivity index (χ4n) is 3.80. The molecule has 2 aliphatic heterocycles. The summed E-state index contributed by atoms with van der Waals surface area (Å²) in [5.41, 5.74) is 1.51. The van der Waals surface area contributed by atoms with E-state index in [1.165, 1.54) is 10.9 Å². The van der Waals surface area contributed by atoms with Gasteiger partial charge in [-0.05, 0) is 17.7 Å². The van der Waals surface area contributed by atoms with E-state index < -0.39 is 5.60 Å². The molecule has 1 spiro atoms. The highest BCUT2D eigenvalue weighted by molar-refractivity contribution is 5.86. The van der Waals surface area contributed by atoms with Crippen molar-refractivity contribution in [1.82, 2.24) is 14.8 Å². The first kappa shape index (κ1) is 16.2. The van der Waals surface area contributed by atoms with Crippen LogP contribution in [0.15, 0.2) is 48.7 Å². The van der Waals surface area contributed by atoms with Crippen molar-refractivity contribution in [2.45, 2.75) is 18.6 Å². The Morgan fingerprint density at radius 3 is 3.04 bits per heavy atom. The highest BCUT2D eigenvalue weighted by Crippen LogP contribution is 2.28. The molecule has 1 atom stereocenters. The molecule has 1 amide bonds. The van der Waals surface area contributed by atoms with Gasteiger partial charge in [0.25, 0.3) is 5.91 Å². The Labute approximate surface area is 147 Å². The molecule has 2 aliphatic rings. The number of hydrogen-bond acceptors (Lipinski definition) is 4. The average Bonchev–Trinajstić information content (AvgIpc) is 2.77. The maximum absolute atomic E-state index is 12.9. The standard InChI is InChI=1S/C20H23N3O2/c1-22-11-5-4-9-20(19(22)24)15-23(12-13-25-20)14-16-8-10-21-18-7-3-2-6-17(16)18/h2-8,10H,9,11-15H2,1H3/t20-/m1/s1. The number of hydrogen-bond donors (Lipinski definition) is 0. The lowest BCUT2D eigenvalue weighted by molar-refractivity contribution is -0.168. The van der Waals surface area contributed by atoms with Crippen molar-refractivity contribution < 1.29 is 9.53 Å². The quantitative estimate of drug-likeness (QED) is 0.789. The zero-order valence-corrected chi connectivity index (χ0v) is 14.5. The largest absolute Gasteiger partial charge is 0.362 e. The van der Waals surface area contributed by atoms with Gasteiger partial charge in [-0.1, -0.05) is 30.4 Å². The van der Waals surface area contributed by atoms with Crippen LogP contribution in [0.4, 0.5) is 0 Å². The van der Waals surface area contributed by atoms with E-state index in [4.69, 9.17) is 4.74 Å². The van der Waals surface area contributed by atoms with Crippen LogP contribution in [-0.4, -0.2) is 59.6 Å². The molecular weight excluding hydrogens is 314 g/mol. The first-order valence-electron chi connectivity index (χ1n) is 8.77. The number of carbonyl (C=O) groups is 1. The lowest BCUT2D eigenvalue weighted by atomic mass is 9.95. The number of nitrogens with zero attached hydrogens (tertiary/aromatic N) is 3. The van der Waals surface area contributed by atoms with Crippen LogP contribution in [0.5, 0.6) is 0 Å². The van der Waals surface area contributed by atoms with E-state index in [-0.39, 0.29) is 5.91 Å². The third-order valence-corrected chi connectivity index (χ3v) is 5.13. The Hall–Kier alpha value is -2.24. The molecule has 1 fully saturated rings. The Morgan fingerprint density at radius 1 is 1.24 bits per heavy atom. The van der Waals surface area contributed by atoms with Gasteiger partial charge >= 0.3 is 0 Å². The molecule has 0 radical (unpaired) electrons. The van der Waals surface area contributed by atoms with E-state index in [0.717, 1.165) is 18.6 Å². The molecule has 1 saturated heterocycles. The predicted octanol–water partition coefficient (Wildman–Crippen LogP) is 2.22. The van der Waals surface area contributed by atoms with Gasteiger partial charge in [-0.2, -0.15) is 0 Å². The highest BCUT2D eigenvalue weighted by Gasteiger charge is 2.45. The summed E-state index contributed by atoms with van der Waals surface area (Å²) < 4.78 is 6.03. The van der Waals surface area contributed by atoms with Crippen molar-refractivity contribution in [3.63, 3.8) is 0 Å². The van der Waals surface area contributed by atoms with Crippen molar-refractivity contribution in [2.75, 3.05) is 33.3 Å². The number of rotatable bonds is 2. The summed E-state index contributed by atoms with van der Waals surface area (Å²) in [5.74, 6) is 0.0850. The van der Waals surface area contributed by atoms with E-state index in [0.29, 0.717) is 26.1 Å². The molecule has 0 bridgehead atoms. The van der Waals surface area contributed by atoms with Crippen LogP contribution < -0.4 is 0 Å². The van der Waals surface area contributed by atoms with Crippen LogP contribution >= 0.6 is 0 Å². The van der Waals surface area contributed by atoms with E-state index in [9.17, 15) is 4.79 Å². The third kappa shape index (κ3) is 3.05. The summed E-state index contributed by atoms with van der Waals surface area (Å²) in [6.07, 6.45) is 6.63.